The Labute approximate surface area is 124 Å². The van der Waals surface area contributed by atoms with Crippen molar-refractivity contribution in [1.82, 2.24) is 15.0 Å². The molecule has 1 heterocycles. The highest BCUT2D eigenvalue weighted by atomic mass is 15.5. The minimum absolute atomic E-state index is 0.563. The first-order valence-electron chi connectivity index (χ1n) is 6.92. The largest absolute Gasteiger partial charge is 0.382 e. The monoisotopic (exact) mass is 278 g/mol. The summed E-state index contributed by atoms with van der Waals surface area (Å²) < 4.78 is 1.68. The molecule has 21 heavy (non-hydrogen) atoms. The Hall–Kier alpha value is -2.62. The molecule has 0 fully saturated rings. The van der Waals surface area contributed by atoms with E-state index in [0.717, 1.165) is 22.5 Å². The van der Waals surface area contributed by atoms with Crippen molar-refractivity contribution in [2.75, 3.05) is 5.73 Å². The fourth-order valence-corrected chi connectivity index (χ4v) is 2.35. The fraction of sp³-hybridized carbons (Fsp3) is 0.176. The second kappa shape index (κ2) is 5.05. The Balaban J connectivity index is 2.11. The van der Waals surface area contributed by atoms with E-state index in [4.69, 9.17) is 5.73 Å². The zero-order valence-corrected chi connectivity index (χ0v) is 12.5. The van der Waals surface area contributed by atoms with Gasteiger partial charge >= 0.3 is 0 Å². The van der Waals surface area contributed by atoms with Crippen molar-refractivity contribution in [1.29, 1.82) is 0 Å². The van der Waals surface area contributed by atoms with Gasteiger partial charge in [-0.25, -0.2) is 0 Å². The second-order valence-electron chi connectivity index (χ2n) is 5.39. The van der Waals surface area contributed by atoms with E-state index in [2.05, 4.69) is 49.3 Å². The second-order valence-corrected chi connectivity index (χ2v) is 5.39. The van der Waals surface area contributed by atoms with Crippen LogP contribution >= 0.6 is 0 Å². The highest BCUT2D eigenvalue weighted by molar-refractivity contribution is 5.74. The molecule has 0 aliphatic rings. The summed E-state index contributed by atoms with van der Waals surface area (Å²) in [5.74, 6) is 0.563. The third-order valence-corrected chi connectivity index (χ3v) is 3.63. The van der Waals surface area contributed by atoms with Crippen molar-refractivity contribution < 1.29 is 0 Å². The first kappa shape index (κ1) is 13.4. The molecule has 0 amide bonds. The molecule has 0 atom stereocenters. The van der Waals surface area contributed by atoms with Crippen molar-refractivity contribution in [2.45, 2.75) is 20.8 Å². The summed E-state index contributed by atoms with van der Waals surface area (Å²) in [5, 5.41) is 8.48. The summed E-state index contributed by atoms with van der Waals surface area (Å²) in [6.45, 7) is 6.17. The summed E-state index contributed by atoms with van der Waals surface area (Å²) in [6, 6.07) is 14.3. The van der Waals surface area contributed by atoms with Gasteiger partial charge in [-0.05, 0) is 44.5 Å². The van der Waals surface area contributed by atoms with Gasteiger partial charge in [0.2, 0.25) is 0 Å². The molecule has 1 aromatic heterocycles. The maximum atomic E-state index is 6.26. The van der Waals surface area contributed by atoms with Crippen LogP contribution in [-0.4, -0.2) is 15.0 Å². The topological polar surface area (TPSA) is 56.7 Å². The minimum Gasteiger partial charge on any atom is -0.382 e. The number of benzene rings is 2. The smallest absolute Gasteiger partial charge is 0.155 e. The van der Waals surface area contributed by atoms with E-state index in [1.54, 1.807) is 4.68 Å². The van der Waals surface area contributed by atoms with Crippen molar-refractivity contribution >= 4 is 5.82 Å². The summed E-state index contributed by atoms with van der Waals surface area (Å²) in [5.41, 5.74) is 12.5. The van der Waals surface area contributed by atoms with Gasteiger partial charge in [0, 0.05) is 5.56 Å². The number of rotatable bonds is 2. The van der Waals surface area contributed by atoms with Crippen LogP contribution in [0.3, 0.4) is 0 Å². The summed E-state index contributed by atoms with van der Waals surface area (Å²) in [7, 11) is 0. The van der Waals surface area contributed by atoms with Crippen LogP contribution in [0.15, 0.2) is 42.5 Å². The molecule has 0 radical (unpaired) electrons. The van der Waals surface area contributed by atoms with Crippen LogP contribution in [0.2, 0.25) is 0 Å². The first-order valence-corrected chi connectivity index (χ1v) is 6.92. The van der Waals surface area contributed by atoms with Gasteiger partial charge in [-0.3, -0.25) is 0 Å². The minimum atomic E-state index is 0.563. The number of aryl methyl sites for hydroxylation is 3. The standard InChI is InChI=1S/C17H18N4/c1-11-5-8-14(9-6-11)21-17(18)16(19-20-21)15-10-12(2)4-7-13(15)3/h4-10H,18H2,1-3H3. The van der Waals surface area contributed by atoms with Crippen LogP contribution in [0.4, 0.5) is 5.82 Å². The number of nitrogens with zero attached hydrogens (tertiary/aromatic N) is 3. The summed E-state index contributed by atoms with van der Waals surface area (Å²) >= 11 is 0. The Morgan fingerprint density at radius 1 is 0.905 bits per heavy atom. The first-order chi connectivity index (χ1) is 10.1. The number of hydrogen-bond acceptors (Lipinski definition) is 3. The number of nitrogen functional groups attached to an aromatic ring is 1. The lowest BCUT2D eigenvalue weighted by atomic mass is 10.0. The van der Waals surface area contributed by atoms with Gasteiger partial charge in [0.25, 0.3) is 0 Å². The van der Waals surface area contributed by atoms with Crippen LogP contribution in [0.25, 0.3) is 16.9 Å². The fourth-order valence-electron chi connectivity index (χ4n) is 2.35. The highest BCUT2D eigenvalue weighted by Crippen LogP contribution is 2.28. The molecule has 0 saturated carbocycles. The quantitative estimate of drug-likeness (QED) is 0.781. The zero-order chi connectivity index (χ0) is 15.0. The normalized spacial score (nSPS) is 10.8. The van der Waals surface area contributed by atoms with Crippen LogP contribution in [0.5, 0.6) is 0 Å². The molecule has 0 bridgehead atoms. The van der Waals surface area contributed by atoms with E-state index >= 15 is 0 Å². The molecular weight excluding hydrogens is 260 g/mol. The Kier molecular flexibility index (Phi) is 3.22. The Bertz CT molecular complexity index is 785. The van der Waals surface area contributed by atoms with E-state index in [1.165, 1.54) is 11.1 Å². The lowest BCUT2D eigenvalue weighted by Crippen LogP contribution is -2.02. The van der Waals surface area contributed by atoms with E-state index in [1.807, 2.05) is 24.3 Å². The molecule has 3 rings (SSSR count). The van der Waals surface area contributed by atoms with Gasteiger partial charge in [-0.1, -0.05) is 40.6 Å². The van der Waals surface area contributed by atoms with Gasteiger partial charge in [0.1, 0.15) is 5.69 Å². The van der Waals surface area contributed by atoms with Gasteiger partial charge in [-0.2, -0.15) is 4.68 Å². The predicted molar refractivity (Wildman–Crippen MR) is 85.4 cm³/mol. The van der Waals surface area contributed by atoms with E-state index in [9.17, 15) is 0 Å². The SMILES string of the molecule is Cc1ccc(-n2nnc(-c3cc(C)ccc3C)c2N)cc1. The number of aromatic nitrogens is 3. The maximum absolute atomic E-state index is 6.26. The van der Waals surface area contributed by atoms with Gasteiger partial charge in [0.15, 0.2) is 5.82 Å². The third-order valence-electron chi connectivity index (χ3n) is 3.63. The molecule has 0 unspecified atom stereocenters. The molecule has 2 aromatic carbocycles. The van der Waals surface area contributed by atoms with Crippen molar-refractivity contribution in [3.63, 3.8) is 0 Å². The molecule has 0 saturated heterocycles. The number of anilines is 1. The molecule has 0 spiro atoms. The van der Waals surface area contributed by atoms with E-state index in [0.29, 0.717) is 5.82 Å². The van der Waals surface area contributed by atoms with Crippen LogP contribution in [-0.2, 0) is 0 Å². The third kappa shape index (κ3) is 2.40. The van der Waals surface area contributed by atoms with Crippen LogP contribution in [0, 0.1) is 20.8 Å². The van der Waals surface area contributed by atoms with Crippen molar-refractivity contribution in [2.24, 2.45) is 0 Å². The molecule has 4 heteroatoms. The Morgan fingerprint density at radius 3 is 2.29 bits per heavy atom. The molecule has 3 aromatic rings. The molecule has 4 nitrogen and oxygen atoms in total. The summed E-state index contributed by atoms with van der Waals surface area (Å²) in [4.78, 5) is 0. The van der Waals surface area contributed by atoms with E-state index < -0.39 is 0 Å². The van der Waals surface area contributed by atoms with Crippen molar-refractivity contribution in [3.8, 4) is 16.9 Å². The number of hydrogen-bond donors (Lipinski definition) is 1. The molecular formula is C17H18N4. The zero-order valence-electron chi connectivity index (χ0n) is 12.5. The number of nitrogens with two attached hydrogens (primary N) is 1. The lowest BCUT2D eigenvalue weighted by molar-refractivity contribution is 0.810. The Morgan fingerprint density at radius 2 is 1.57 bits per heavy atom. The average Bonchev–Trinajstić information content (AvgIpc) is 2.84. The molecule has 0 aliphatic heterocycles. The van der Waals surface area contributed by atoms with E-state index in [-0.39, 0.29) is 0 Å². The highest BCUT2D eigenvalue weighted by Gasteiger charge is 2.14. The predicted octanol–water partition coefficient (Wildman–Crippen LogP) is 3.44. The molecule has 2 N–H and O–H groups in total. The molecule has 106 valence electrons. The van der Waals surface area contributed by atoms with Crippen LogP contribution in [0.1, 0.15) is 16.7 Å². The lowest BCUT2D eigenvalue weighted by Gasteiger charge is -2.06. The van der Waals surface area contributed by atoms with Gasteiger partial charge in [-0.15, -0.1) is 5.10 Å². The van der Waals surface area contributed by atoms with Gasteiger partial charge in [0.05, 0.1) is 5.69 Å². The van der Waals surface area contributed by atoms with Crippen LogP contribution < -0.4 is 5.73 Å². The summed E-state index contributed by atoms with van der Waals surface area (Å²) in [6.07, 6.45) is 0. The maximum Gasteiger partial charge on any atom is 0.155 e. The molecule has 0 aliphatic carbocycles. The average molecular weight is 278 g/mol. The van der Waals surface area contributed by atoms with Gasteiger partial charge < -0.3 is 5.73 Å². The van der Waals surface area contributed by atoms with Crippen molar-refractivity contribution in [3.05, 3.63) is 59.2 Å².